The Labute approximate surface area is 134 Å². The van der Waals surface area contributed by atoms with Crippen LogP contribution in [0.4, 0.5) is 11.5 Å². The number of hydrogen-bond donors (Lipinski definition) is 2. The van der Waals surface area contributed by atoms with Crippen LogP contribution < -0.4 is 15.8 Å². The van der Waals surface area contributed by atoms with E-state index in [0.29, 0.717) is 17.4 Å². The highest BCUT2D eigenvalue weighted by atomic mass is 16.5. The van der Waals surface area contributed by atoms with Crippen LogP contribution in [-0.4, -0.2) is 48.2 Å². The highest BCUT2D eigenvalue weighted by Gasteiger charge is 2.14. The first-order valence-corrected chi connectivity index (χ1v) is 8.21. The maximum Gasteiger partial charge on any atom is 0.242 e. The van der Waals surface area contributed by atoms with Gasteiger partial charge in [0.2, 0.25) is 5.88 Å². The maximum absolute atomic E-state index is 6.05. The lowest BCUT2D eigenvalue weighted by molar-refractivity contribution is 0.298. The van der Waals surface area contributed by atoms with E-state index in [0.717, 1.165) is 44.8 Å². The van der Waals surface area contributed by atoms with Gasteiger partial charge in [0.25, 0.3) is 0 Å². The fourth-order valence-electron chi connectivity index (χ4n) is 2.22. The number of aromatic nitrogens is 2. The van der Waals surface area contributed by atoms with E-state index in [-0.39, 0.29) is 5.92 Å². The van der Waals surface area contributed by atoms with E-state index in [1.807, 2.05) is 0 Å². The molecule has 0 bridgehead atoms. The number of anilines is 2. The maximum atomic E-state index is 6.05. The standard InChI is InChI=1S/C16H31N5O/c1-6-21(7-2)11-9-8-10-18-15-13(17)16(22-5)20-14(19-15)12(3)4/h12H,6-11,17H2,1-5H3,(H,18,19,20). The highest BCUT2D eigenvalue weighted by molar-refractivity contribution is 5.66. The van der Waals surface area contributed by atoms with E-state index in [4.69, 9.17) is 10.5 Å². The summed E-state index contributed by atoms with van der Waals surface area (Å²) in [5.74, 6) is 2.11. The number of methoxy groups -OCH3 is 1. The number of ether oxygens (including phenoxy) is 1. The lowest BCUT2D eigenvalue weighted by atomic mass is 10.2. The topological polar surface area (TPSA) is 76.3 Å². The van der Waals surface area contributed by atoms with Crippen LogP contribution in [0, 0.1) is 0 Å². The molecular weight excluding hydrogens is 278 g/mol. The van der Waals surface area contributed by atoms with Gasteiger partial charge in [0, 0.05) is 12.5 Å². The van der Waals surface area contributed by atoms with Crippen molar-refractivity contribution in [1.29, 1.82) is 0 Å². The van der Waals surface area contributed by atoms with Crippen molar-refractivity contribution in [1.82, 2.24) is 14.9 Å². The monoisotopic (exact) mass is 309 g/mol. The van der Waals surface area contributed by atoms with E-state index >= 15 is 0 Å². The Balaban J connectivity index is 2.56. The first-order chi connectivity index (χ1) is 10.5. The molecule has 126 valence electrons. The van der Waals surface area contributed by atoms with Crippen molar-refractivity contribution in [3.63, 3.8) is 0 Å². The van der Waals surface area contributed by atoms with Gasteiger partial charge in [-0.3, -0.25) is 0 Å². The van der Waals surface area contributed by atoms with Crippen LogP contribution >= 0.6 is 0 Å². The van der Waals surface area contributed by atoms with Crippen molar-refractivity contribution in [2.75, 3.05) is 44.3 Å². The number of nitrogens with zero attached hydrogens (tertiary/aromatic N) is 3. The minimum absolute atomic E-state index is 0.234. The predicted octanol–water partition coefficient (Wildman–Crippen LogP) is 2.72. The largest absolute Gasteiger partial charge is 0.479 e. The zero-order valence-electron chi connectivity index (χ0n) is 14.6. The lowest BCUT2D eigenvalue weighted by Crippen LogP contribution is -2.24. The van der Waals surface area contributed by atoms with Crippen molar-refractivity contribution in [2.45, 2.75) is 46.5 Å². The number of nitrogens with two attached hydrogens (primary N) is 1. The molecule has 1 aromatic rings. The third kappa shape index (κ3) is 5.33. The second kappa shape index (κ2) is 9.46. The molecule has 6 nitrogen and oxygen atoms in total. The lowest BCUT2D eigenvalue weighted by Gasteiger charge is -2.18. The third-order valence-electron chi connectivity index (χ3n) is 3.73. The van der Waals surface area contributed by atoms with Crippen LogP contribution in [0.3, 0.4) is 0 Å². The smallest absolute Gasteiger partial charge is 0.242 e. The zero-order valence-corrected chi connectivity index (χ0v) is 14.6. The number of nitrogens with one attached hydrogen (secondary N) is 1. The van der Waals surface area contributed by atoms with Crippen LogP contribution in [0.5, 0.6) is 5.88 Å². The Morgan fingerprint density at radius 2 is 1.86 bits per heavy atom. The fourth-order valence-corrected chi connectivity index (χ4v) is 2.22. The Morgan fingerprint density at radius 3 is 2.41 bits per heavy atom. The average Bonchev–Trinajstić information content (AvgIpc) is 2.52. The van der Waals surface area contributed by atoms with Gasteiger partial charge < -0.3 is 20.7 Å². The molecule has 6 heteroatoms. The van der Waals surface area contributed by atoms with Crippen LogP contribution in [0.15, 0.2) is 0 Å². The molecule has 22 heavy (non-hydrogen) atoms. The third-order valence-corrected chi connectivity index (χ3v) is 3.73. The summed E-state index contributed by atoms with van der Waals surface area (Å²) in [6.45, 7) is 12.7. The fraction of sp³-hybridized carbons (Fsp3) is 0.750. The molecule has 1 aromatic heterocycles. The molecule has 0 aromatic carbocycles. The molecule has 0 amide bonds. The summed E-state index contributed by atoms with van der Waals surface area (Å²) in [6.07, 6.45) is 2.24. The number of rotatable bonds is 10. The molecule has 0 atom stereocenters. The molecule has 0 radical (unpaired) electrons. The Morgan fingerprint density at radius 1 is 1.18 bits per heavy atom. The van der Waals surface area contributed by atoms with E-state index in [2.05, 4.69) is 47.9 Å². The Hall–Kier alpha value is -1.56. The molecule has 0 unspecified atom stereocenters. The molecule has 0 saturated carbocycles. The second-order valence-corrected chi connectivity index (χ2v) is 5.67. The number of hydrogen-bond acceptors (Lipinski definition) is 6. The van der Waals surface area contributed by atoms with Crippen molar-refractivity contribution in [3.05, 3.63) is 5.82 Å². The van der Waals surface area contributed by atoms with Crippen molar-refractivity contribution in [3.8, 4) is 5.88 Å². The molecular formula is C16H31N5O. The van der Waals surface area contributed by atoms with Crippen LogP contribution in [0.1, 0.15) is 52.3 Å². The van der Waals surface area contributed by atoms with E-state index in [9.17, 15) is 0 Å². The predicted molar refractivity (Wildman–Crippen MR) is 92.6 cm³/mol. The summed E-state index contributed by atoms with van der Waals surface area (Å²) in [4.78, 5) is 11.3. The zero-order chi connectivity index (χ0) is 16.5. The molecule has 0 aliphatic carbocycles. The highest BCUT2D eigenvalue weighted by Crippen LogP contribution is 2.27. The van der Waals surface area contributed by atoms with Crippen molar-refractivity contribution < 1.29 is 4.74 Å². The van der Waals surface area contributed by atoms with Gasteiger partial charge in [-0.05, 0) is 32.5 Å². The molecule has 0 aliphatic rings. The minimum Gasteiger partial charge on any atom is -0.479 e. The first-order valence-electron chi connectivity index (χ1n) is 8.21. The summed E-state index contributed by atoms with van der Waals surface area (Å²) < 4.78 is 5.24. The summed E-state index contributed by atoms with van der Waals surface area (Å²) in [6, 6.07) is 0. The van der Waals surface area contributed by atoms with Gasteiger partial charge in [-0.2, -0.15) is 4.98 Å². The van der Waals surface area contributed by atoms with Gasteiger partial charge in [-0.25, -0.2) is 4.98 Å². The van der Waals surface area contributed by atoms with E-state index < -0.39 is 0 Å². The van der Waals surface area contributed by atoms with Crippen molar-refractivity contribution >= 4 is 11.5 Å². The molecule has 0 aliphatic heterocycles. The minimum atomic E-state index is 0.234. The SMILES string of the molecule is CCN(CC)CCCCNc1nc(C(C)C)nc(OC)c1N. The Bertz CT molecular complexity index is 446. The molecule has 0 fully saturated rings. The van der Waals surface area contributed by atoms with Crippen LogP contribution in [0.25, 0.3) is 0 Å². The summed E-state index contributed by atoms with van der Waals surface area (Å²) in [5, 5.41) is 3.32. The number of unbranched alkanes of at least 4 members (excludes halogenated alkanes) is 1. The molecule has 0 spiro atoms. The van der Waals surface area contributed by atoms with Crippen molar-refractivity contribution in [2.24, 2.45) is 0 Å². The van der Waals surface area contributed by atoms with Gasteiger partial charge in [0.1, 0.15) is 11.5 Å². The molecule has 0 saturated heterocycles. The molecule has 3 N–H and O–H groups in total. The molecule has 1 rings (SSSR count). The first kappa shape index (κ1) is 18.5. The van der Waals surface area contributed by atoms with Gasteiger partial charge in [0.05, 0.1) is 7.11 Å². The summed E-state index contributed by atoms with van der Waals surface area (Å²) in [5.41, 5.74) is 6.53. The number of nitrogen functional groups attached to an aromatic ring is 1. The van der Waals surface area contributed by atoms with Crippen LogP contribution in [-0.2, 0) is 0 Å². The second-order valence-electron chi connectivity index (χ2n) is 5.67. The molecule has 1 heterocycles. The summed E-state index contributed by atoms with van der Waals surface area (Å²) in [7, 11) is 1.58. The average molecular weight is 309 g/mol. The van der Waals surface area contributed by atoms with Gasteiger partial charge in [-0.15, -0.1) is 0 Å². The van der Waals surface area contributed by atoms with Gasteiger partial charge in [-0.1, -0.05) is 27.7 Å². The quantitative estimate of drug-likeness (QED) is 0.647. The van der Waals surface area contributed by atoms with E-state index in [1.165, 1.54) is 0 Å². The Kier molecular flexibility index (Phi) is 7.95. The van der Waals surface area contributed by atoms with Gasteiger partial charge in [0.15, 0.2) is 5.82 Å². The van der Waals surface area contributed by atoms with Gasteiger partial charge >= 0.3 is 0 Å². The van der Waals surface area contributed by atoms with E-state index in [1.54, 1.807) is 7.11 Å². The normalized spacial score (nSPS) is 11.2. The summed E-state index contributed by atoms with van der Waals surface area (Å²) >= 11 is 0. The van der Waals surface area contributed by atoms with Crippen LogP contribution in [0.2, 0.25) is 0 Å².